The highest BCUT2D eigenvalue weighted by atomic mass is 19.1. The summed E-state index contributed by atoms with van der Waals surface area (Å²) in [6, 6.07) is 11.9. The van der Waals surface area contributed by atoms with E-state index in [1.807, 2.05) is 24.0 Å². The van der Waals surface area contributed by atoms with Crippen LogP contribution in [-0.2, 0) is 0 Å². The smallest absolute Gasteiger partial charge is 0.125 e. The third-order valence-electron chi connectivity index (χ3n) is 2.82. The number of nitrogen functional groups attached to an aromatic ring is 2. The molecule has 3 nitrogen and oxygen atoms in total. The van der Waals surface area contributed by atoms with Crippen LogP contribution >= 0.6 is 0 Å². The maximum Gasteiger partial charge on any atom is 0.125 e. The van der Waals surface area contributed by atoms with Crippen LogP contribution in [0.15, 0.2) is 42.5 Å². The first-order valence-electron chi connectivity index (χ1n) is 5.80. The molecule has 4 N–H and O–H groups in total. The zero-order chi connectivity index (χ0) is 13.1. The van der Waals surface area contributed by atoms with Gasteiger partial charge in [-0.25, -0.2) is 4.39 Å². The Morgan fingerprint density at radius 1 is 1.00 bits per heavy atom. The topological polar surface area (TPSA) is 55.3 Å². The third kappa shape index (κ3) is 2.37. The highest BCUT2D eigenvalue weighted by Crippen LogP contribution is 2.29. The number of hydrogen-bond donors (Lipinski definition) is 2. The van der Waals surface area contributed by atoms with Crippen molar-refractivity contribution in [1.82, 2.24) is 0 Å². The van der Waals surface area contributed by atoms with E-state index < -0.39 is 0 Å². The van der Waals surface area contributed by atoms with Crippen LogP contribution in [0, 0.1) is 5.82 Å². The fourth-order valence-electron chi connectivity index (χ4n) is 1.89. The fraction of sp³-hybridized carbons (Fsp3) is 0.143. The number of hydrogen-bond acceptors (Lipinski definition) is 3. The summed E-state index contributed by atoms with van der Waals surface area (Å²) in [6.45, 7) is 2.71. The highest BCUT2D eigenvalue weighted by molar-refractivity contribution is 5.73. The lowest BCUT2D eigenvalue weighted by molar-refractivity contribution is 0.627. The van der Waals surface area contributed by atoms with Gasteiger partial charge in [0.2, 0.25) is 0 Å². The monoisotopic (exact) mass is 245 g/mol. The minimum Gasteiger partial charge on any atom is -0.397 e. The molecule has 0 saturated heterocycles. The second-order valence-electron chi connectivity index (χ2n) is 4.04. The molecule has 2 rings (SSSR count). The van der Waals surface area contributed by atoms with Crippen molar-refractivity contribution in [3.8, 4) is 0 Å². The Bertz CT molecular complexity index is 554. The molecule has 2 aromatic rings. The standard InChI is InChI=1S/C14H16FN3/c1-2-18(11-5-3-4-10(15)8-11)12-6-7-13(16)14(17)9-12/h3-9H,2,16-17H2,1H3. The van der Waals surface area contributed by atoms with Crippen molar-refractivity contribution >= 4 is 22.7 Å². The number of halogens is 1. The van der Waals surface area contributed by atoms with Crippen LogP contribution in [0.1, 0.15) is 6.92 Å². The quantitative estimate of drug-likeness (QED) is 0.817. The van der Waals surface area contributed by atoms with Crippen LogP contribution in [0.25, 0.3) is 0 Å². The van der Waals surface area contributed by atoms with Gasteiger partial charge in [0, 0.05) is 17.9 Å². The molecular weight excluding hydrogens is 229 g/mol. The minimum atomic E-state index is -0.255. The van der Waals surface area contributed by atoms with Crippen molar-refractivity contribution in [3.05, 3.63) is 48.3 Å². The zero-order valence-corrected chi connectivity index (χ0v) is 10.2. The first-order valence-corrected chi connectivity index (χ1v) is 5.80. The zero-order valence-electron chi connectivity index (χ0n) is 10.2. The van der Waals surface area contributed by atoms with Crippen LogP contribution in [0.2, 0.25) is 0 Å². The SMILES string of the molecule is CCN(c1cccc(F)c1)c1ccc(N)c(N)c1. The summed E-state index contributed by atoms with van der Waals surface area (Å²) in [5, 5.41) is 0. The van der Waals surface area contributed by atoms with Gasteiger partial charge in [-0.3, -0.25) is 0 Å². The Kier molecular flexibility index (Phi) is 3.37. The van der Waals surface area contributed by atoms with E-state index >= 15 is 0 Å². The molecule has 94 valence electrons. The summed E-state index contributed by atoms with van der Waals surface area (Å²) < 4.78 is 13.3. The van der Waals surface area contributed by atoms with E-state index in [0.29, 0.717) is 17.9 Å². The van der Waals surface area contributed by atoms with Crippen molar-refractivity contribution in [2.75, 3.05) is 22.9 Å². The average molecular weight is 245 g/mol. The van der Waals surface area contributed by atoms with Gasteiger partial charge in [-0.1, -0.05) is 6.07 Å². The number of anilines is 4. The fourth-order valence-corrected chi connectivity index (χ4v) is 1.89. The summed E-state index contributed by atoms with van der Waals surface area (Å²) in [5.41, 5.74) is 14.3. The molecule has 2 aromatic carbocycles. The summed E-state index contributed by atoms with van der Waals surface area (Å²) in [4.78, 5) is 1.97. The van der Waals surface area contributed by atoms with Crippen LogP contribution in [0.4, 0.5) is 27.1 Å². The molecule has 18 heavy (non-hydrogen) atoms. The first kappa shape index (κ1) is 12.2. The molecule has 0 amide bonds. The Balaban J connectivity index is 2.42. The van der Waals surface area contributed by atoms with E-state index in [2.05, 4.69) is 0 Å². The lowest BCUT2D eigenvalue weighted by Crippen LogP contribution is -2.16. The number of nitrogens with two attached hydrogens (primary N) is 2. The van der Waals surface area contributed by atoms with Crippen LogP contribution in [-0.4, -0.2) is 6.54 Å². The Morgan fingerprint density at radius 2 is 1.72 bits per heavy atom. The molecule has 0 radical (unpaired) electrons. The van der Waals surface area contributed by atoms with E-state index in [4.69, 9.17) is 11.5 Å². The second kappa shape index (κ2) is 4.96. The summed E-state index contributed by atoms with van der Waals surface area (Å²) >= 11 is 0. The van der Waals surface area contributed by atoms with E-state index in [1.165, 1.54) is 12.1 Å². The molecule has 0 saturated carbocycles. The van der Waals surface area contributed by atoms with Gasteiger partial charge in [0.15, 0.2) is 0 Å². The van der Waals surface area contributed by atoms with Gasteiger partial charge >= 0.3 is 0 Å². The van der Waals surface area contributed by atoms with Gasteiger partial charge in [-0.2, -0.15) is 0 Å². The predicted molar refractivity (Wildman–Crippen MR) is 74.3 cm³/mol. The molecular formula is C14H16FN3. The Labute approximate surface area is 106 Å². The molecule has 0 atom stereocenters. The first-order chi connectivity index (χ1) is 8.61. The molecule has 0 fully saturated rings. The lowest BCUT2D eigenvalue weighted by Gasteiger charge is -2.24. The molecule has 0 spiro atoms. The summed E-state index contributed by atoms with van der Waals surface area (Å²) in [6.07, 6.45) is 0. The summed E-state index contributed by atoms with van der Waals surface area (Å²) in [7, 11) is 0. The third-order valence-corrected chi connectivity index (χ3v) is 2.82. The van der Waals surface area contributed by atoms with Gasteiger partial charge in [0.1, 0.15) is 5.82 Å². The van der Waals surface area contributed by atoms with E-state index in [-0.39, 0.29) is 5.82 Å². The van der Waals surface area contributed by atoms with Crippen molar-refractivity contribution in [1.29, 1.82) is 0 Å². The lowest BCUT2D eigenvalue weighted by atomic mass is 10.2. The minimum absolute atomic E-state index is 0.255. The highest BCUT2D eigenvalue weighted by Gasteiger charge is 2.09. The van der Waals surface area contributed by atoms with Gasteiger partial charge in [-0.15, -0.1) is 0 Å². The molecule has 0 aliphatic carbocycles. The largest absolute Gasteiger partial charge is 0.397 e. The maximum absolute atomic E-state index is 13.3. The van der Waals surface area contributed by atoms with Crippen molar-refractivity contribution < 1.29 is 4.39 Å². The van der Waals surface area contributed by atoms with Crippen molar-refractivity contribution in [3.63, 3.8) is 0 Å². The predicted octanol–water partition coefficient (Wildman–Crippen LogP) is 3.15. The van der Waals surface area contributed by atoms with Gasteiger partial charge in [-0.05, 0) is 43.3 Å². The number of nitrogens with zero attached hydrogens (tertiary/aromatic N) is 1. The average Bonchev–Trinajstić information content (AvgIpc) is 2.35. The Hall–Kier alpha value is -2.23. The normalized spacial score (nSPS) is 10.3. The van der Waals surface area contributed by atoms with E-state index in [9.17, 15) is 4.39 Å². The molecule has 0 bridgehead atoms. The van der Waals surface area contributed by atoms with Crippen LogP contribution in [0.3, 0.4) is 0 Å². The Morgan fingerprint density at radius 3 is 2.33 bits per heavy atom. The van der Waals surface area contributed by atoms with Crippen molar-refractivity contribution in [2.24, 2.45) is 0 Å². The van der Waals surface area contributed by atoms with Crippen LogP contribution < -0.4 is 16.4 Å². The van der Waals surface area contributed by atoms with Gasteiger partial charge in [0.25, 0.3) is 0 Å². The molecule has 0 aliphatic rings. The van der Waals surface area contributed by atoms with Crippen LogP contribution in [0.5, 0.6) is 0 Å². The molecule has 0 aliphatic heterocycles. The molecule has 0 heterocycles. The maximum atomic E-state index is 13.3. The molecule has 4 heteroatoms. The van der Waals surface area contributed by atoms with Crippen molar-refractivity contribution in [2.45, 2.75) is 6.92 Å². The molecule has 0 unspecified atom stereocenters. The second-order valence-corrected chi connectivity index (χ2v) is 4.04. The van der Waals surface area contributed by atoms with E-state index in [1.54, 1.807) is 18.2 Å². The molecule has 0 aromatic heterocycles. The van der Waals surface area contributed by atoms with E-state index in [0.717, 1.165) is 11.4 Å². The summed E-state index contributed by atoms with van der Waals surface area (Å²) in [5.74, 6) is -0.255. The van der Waals surface area contributed by atoms with Gasteiger partial charge in [0.05, 0.1) is 11.4 Å². The number of benzene rings is 2. The van der Waals surface area contributed by atoms with Gasteiger partial charge < -0.3 is 16.4 Å². The number of rotatable bonds is 3.